The van der Waals surface area contributed by atoms with Crippen molar-refractivity contribution >= 4 is 40.5 Å². The van der Waals surface area contributed by atoms with E-state index >= 15 is 0 Å². The van der Waals surface area contributed by atoms with Crippen LogP contribution in [0.3, 0.4) is 0 Å². The largest absolute Gasteiger partial charge is 0.494 e. The fraction of sp³-hybridized carbons (Fsp3) is 0.258. The molecular formula is C31H33IO7. The number of unbranched alkanes of at least 4 members (excludes halogenated alkanes) is 3. The predicted molar refractivity (Wildman–Crippen MR) is 159 cm³/mol. The summed E-state index contributed by atoms with van der Waals surface area (Å²) in [6.45, 7) is 11.8. The third-order valence-corrected chi connectivity index (χ3v) is 6.18. The van der Waals surface area contributed by atoms with E-state index < -0.39 is 17.9 Å². The van der Waals surface area contributed by atoms with Crippen LogP contribution in [0.5, 0.6) is 11.5 Å². The molecule has 7 nitrogen and oxygen atoms in total. The van der Waals surface area contributed by atoms with Crippen LogP contribution in [0.1, 0.15) is 48.5 Å². The van der Waals surface area contributed by atoms with E-state index in [0.29, 0.717) is 45.2 Å². The summed E-state index contributed by atoms with van der Waals surface area (Å²) in [6.07, 6.45) is 9.43. The summed E-state index contributed by atoms with van der Waals surface area (Å²) in [7, 11) is 0. The number of aryl methyl sites for hydroxylation is 1. The van der Waals surface area contributed by atoms with E-state index in [1.165, 1.54) is 0 Å². The lowest BCUT2D eigenvalue weighted by atomic mass is 10.2. The number of ether oxygens (including phenoxy) is 4. The molecule has 2 aromatic rings. The van der Waals surface area contributed by atoms with Crippen LogP contribution < -0.4 is 9.47 Å². The van der Waals surface area contributed by atoms with E-state index in [1.54, 1.807) is 55.5 Å². The average molecular weight is 645 g/mol. The molecular weight excluding hydrogens is 611 g/mol. The van der Waals surface area contributed by atoms with Crippen LogP contribution in [0.4, 0.5) is 0 Å². The predicted octanol–water partition coefficient (Wildman–Crippen LogP) is 7.05. The third-order valence-electron chi connectivity index (χ3n) is 5.33. The molecule has 0 saturated carbocycles. The van der Waals surface area contributed by atoms with Crippen molar-refractivity contribution in [3.8, 4) is 11.5 Å². The highest BCUT2D eigenvalue weighted by Gasteiger charge is 2.15. The summed E-state index contributed by atoms with van der Waals surface area (Å²) in [5.74, 6) is -0.252. The van der Waals surface area contributed by atoms with Gasteiger partial charge in [-0.1, -0.05) is 36.9 Å². The van der Waals surface area contributed by atoms with E-state index in [1.807, 2.05) is 41.6 Å². The molecule has 0 aromatic heterocycles. The van der Waals surface area contributed by atoms with Crippen LogP contribution in [0.15, 0.2) is 91.3 Å². The van der Waals surface area contributed by atoms with Crippen molar-refractivity contribution in [2.24, 2.45) is 0 Å². The lowest BCUT2D eigenvalue weighted by molar-refractivity contribution is -0.137. The number of esters is 3. The minimum atomic E-state index is -0.549. The molecule has 0 radical (unpaired) electrons. The molecule has 2 aromatic carbocycles. The molecule has 2 rings (SSSR count). The SMILES string of the molecule is C=CC(=O)OCCCCCCOC(=C)/C=C\C(=C/C)C(=O)Oc1ccc(C(=O)Oc2ccc(C)cc2)cc1I. The molecule has 0 fully saturated rings. The van der Waals surface area contributed by atoms with Crippen LogP contribution in [0.2, 0.25) is 0 Å². The van der Waals surface area contributed by atoms with Gasteiger partial charge >= 0.3 is 17.9 Å². The van der Waals surface area contributed by atoms with Gasteiger partial charge in [-0.25, -0.2) is 14.4 Å². The van der Waals surface area contributed by atoms with Crippen molar-refractivity contribution in [2.75, 3.05) is 13.2 Å². The molecule has 39 heavy (non-hydrogen) atoms. The van der Waals surface area contributed by atoms with Gasteiger partial charge in [-0.15, -0.1) is 0 Å². The Hall–Kier alpha value is -3.66. The zero-order valence-electron chi connectivity index (χ0n) is 22.2. The normalized spacial score (nSPS) is 11.1. The standard InChI is InChI=1S/C31H33IO7/c1-5-24(14-13-23(4)36-19-9-7-8-10-20-37-29(33)6-2)30(34)39-28-18-15-25(21-27(28)32)31(35)38-26-16-11-22(3)12-17-26/h5-6,11-18,21H,2,4,7-10,19-20H2,1,3H3/b14-13-,24-5+. The van der Waals surface area contributed by atoms with E-state index in [0.717, 1.165) is 37.3 Å². The Morgan fingerprint density at radius 3 is 2.18 bits per heavy atom. The molecule has 0 aliphatic rings. The topological polar surface area (TPSA) is 88.1 Å². The zero-order valence-corrected chi connectivity index (χ0v) is 24.4. The summed E-state index contributed by atoms with van der Waals surface area (Å²) in [5.41, 5.74) is 1.74. The van der Waals surface area contributed by atoms with Crippen LogP contribution >= 0.6 is 22.6 Å². The van der Waals surface area contributed by atoms with E-state index in [2.05, 4.69) is 13.2 Å². The van der Waals surface area contributed by atoms with Crippen LogP contribution in [0, 0.1) is 10.5 Å². The molecule has 0 aliphatic heterocycles. The van der Waals surface area contributed by atoms with E-state index in [4.69, 9.17) is 18.9 Å². The Labute approximate surface area is 243 Å². The van der Waals surface area contributed by atoms with Gasteiger partial charge in [-0.2, -0.15) is 0 Å². The fourth-order valence-electron chi connectivity index (χ4n) is 3.15. The van der Waals surface area contributed by atoms with Crippen LogP contribution in [-0.2, 0) is 19.1 Å². The lowest BCUT2D eigenvalue weighted by Gasteiger charge is -2.10. The van der Waals surface area contributed by atoms with Gasteiger partial charge in [0.25, 0.3) is 0 Å². The number of carbonyl (C=O) groups excluding carboxylic acids is 3. The van der Waals surface area contributed by atoms with E-state index in [-0.39, 0.29) is 0 Å². The highest BCUT2D eigenvalue weighted by atomic mass is 127. The second-order valence-corrected chi connectivity index (χ2v) is 9.58. The Morgan fingerprint density at radius 1 is 0.897 bits per heavy atom. The first-order chi connectivity index (χ1) is 18.7. The summed E-state index contributed by atoms with van der Waals surface area (Å²) >= 11 is 2.01. The average Bonchev–Trinajstić information content (AvgIpc) is 2.92. The van der Waals surface area contributed by atoms with Gasteiger partial charge in [0, 0.05) is 6.08 Å². The van der Waals surface area contributed by atoms with Crippen molar-refractivity contribution < 1.29 is 33.3 Å². The smallest absolute Gasteiger partial charge is 0.343 e. The first kappa shape index (κ1) is 31.6. The number of rotatable bonds is 15. The van der Waals surface area contributed by atoms with Crippen molar-refractivity contribution in [1.82, 2.24) is 0 Å². The van der Waals surface area contributed by atoms with Crippen molar-refractivity contribution in [3.05, 3.63) is 106 Å². The van der Waals surface area contributed by atoms with Gasteiger partial charge in [0.2, 0.25) is 0 Å². The second kappa shape index (κ2) is 17.0. The van der Waals surface area contributed by atoms with Gasteiger partial charge in [-0.05, 0) is 105 Å². The molecule has 0 bridgehead atoms. The maximum atomic E-state index is 12.7. The number of halogens is 1. The quantitative estimate of drug-likeness (QED) is 0.0391. The molecule has 8 heteroatoms. The maximum Gasteiger partial charge on any atom is 0.343 e. The van der Waals surface area contributed by atoms with Gasteiger partial charge in [0.15, 0.2) is 0 Å². The van der Waals surface area contributed by atoms with E-state index in [9.17, 15) is 14.4 Å². The summed E-state index contributed by atoms with van der Waals surface area (Å²) in [4.78, 5) is 36.2. The van der Waals surface area contributed by atoms with Gasteiger partial charge < -0.3 is 18.9 Å². The Bertz CT molecular complexity index is 1230. The first-order valence-corrected chi connectivity index (χ1v) is 13.6. The third kappa shape index (κ3) is 11.7. The first-order valence-electron chi connectivity index (χ1n) is 12.5. The number of benzene rings is 2. The minimum Gasteiger partial charge on any atom is -0.494 e. The molecule has 0 amide bonds. The molecule has 0 saturated heterocycles. The number of hydrogen-bond donors (Lipinski definition) is 0. The van der Waals surface area contributed by atoms with Gasteiger partial charge in [0.1, 0.15) is 17.3 Å². The minimum absolute atomic E-state index is 0.326. The molecule has 0 N–H and O–H groups in total. The highest BCUT2D eigenvalue weighted by Crippen LogP contribution is 2.24. The summed E-state index contributed by atoms with van der Waals surface area (Å²) in [5, 5.41) is 0. The Kier molecular flexibility index (Phi) is 13.8. The monoisotopic (exact) mass is 644 g/mol. The second-order valence-electron chi connectivity index (χ2n) is 8.42. The number of allylic oxidation sites excluding steroid dienone is 2. The maximum absolute atomic E-state index is 12.7. The Morgan fingerprint density at radius 2 is 1.56 bits per heavy atom. The Balaban J connectivity index is 1.79. The molecule has 0 atom stereocenters. The van der Waals surface area contributed by atoms with Crippen molar-refractivity contribution in [1.29, 1.82) is 0 Å². The molecule has 0 aliphatic carbocycles. The van der Waals surface area contributed by atoms with Gasteiger partial charge in [-0.3, -0.25) is 0 Å². The fourth-order valence-corrected chi connectivity index (χ4v) is 3.77. The molecule has 0 heterocycles. The lowest BCUT2D eigenvalue weighted by Crippen LogP contribution is -2.12. The van der Waals surface area contributed by atoms with Crippen LogP contribution in [0.25, 0.3) is 0 Å². The summed E-state index contributed by atoms with van der Waals surface area (Å²) < 4.78 is 22.1. The summed E-state index contributed by atoms with van der Waals surface area (Å²) in [6, 6.07) is 11.9. The molecule has 0 unspecified atom stereocenters. The molecule has 0 spiro atoms. The number of carbonyl (C=O) groups is 3. The number of hydrogen-bond acceptors (Lipinski definition) is 7. The van der Waals surface area contributed by atoms with Crippen molar-refractivity contribution in [2.45, 2.75) is 39.5 Å². The zero-order chi connectivity index (χ0) is 28.6. The molecule has 206 valence electrons. The highest BCUT2D eigenvalue weighted by molar-refractivity contribution is 14.1. The van der Waals surface area contributed by atoms with Crippen LogP contribution in [-0.4, -0.2) is 31.1 Å². The van der Waals surface area contributed by atoms with Crippen molar-refractivity contribution in [3.63, 3.8) is 0 Å². The van der Waals surface area contributed by atoms with Gasteiger partial charge in [0.05, 0.1) is 27.9 Å².